The van der Waals surface area contributed by atoms with Crippen LogP contribution < -0.4 is 14.8 Å². The summed E-state index contributed by atoms with van der Waals surface area (Å²) >= 11 is 3.47. The minimum absolute atomic E-state index is 0.127. The highest BCUT2D eigenvalue weighted by atomic mass is 79.9. The van der Waals surface area contributed by atoms with Crippen LogP contribution in [0, 0.1) is 6.92 Å². The number of aryl methyl sites for hydroxylation is 1. The molecule has 32 heavy (non-hydrogen) atoms. The molecule has 3 rings (SSSR count). The summed E-state index contributed by atoms with van der Waals surface area (Å²) in [6.45, 7) is 3.91. The van der Waals surface area contributed by atoms with E-state index in [4.69, 9.17) is 9.47 Å². The average Bonchev–Trinajstić information content (AvgIpc) is 3.31. The fraction of sp³-hybridized carbons (Fsp3) is 0.440. The number of nitrogens with one attached hydrogen (secondary N) is 1. The van der Waals surface area contributed by atoms with Crippen molar-refractivity contribution in [2.75, 3.05) is 13.7 Å². The molecule has 0 radical (unpaired) electrons. The monoisotopic (exact) mass is 502 g/mol. The molecule has 2 aromatic rings. The predicted molar refractivity (Wildman–Crippen MR) is 128 cm³/mol. The molecule has 0 heterocycles. The Bertz CT molecular complexity index is 926. The summed E-state index contributed by atoms with van der Waals surface area (Å²) in [6.07, 6.45) is 4.26. The molecule has 0 unspecified atom stereocenters. The molecule has 1 saturated carbocycles. The van der Waals surface area contributed by atoms with Crippen LogP contribution in [0.15, 0.2) is 46.9 Å². The molecule has 1 aliphatic rings. The maximum atomic E-state index is 13.2. The third kappa shape index (κ3) is 6.48. The molecule has 0 bridgehead atoms. The van der Waals surface area contributed by atoms with Gasteiger partial charge in [0.05, 0.1) is 7.11 Å². The lowest BCUT2D eigenvalue weighted by atomic mass is 10.1. The van der Waals surface area contributed by atoms with Gasteiger partial charge < -0.3 is 19.7 Å². The molecule has 1 N–H and O–H groups in total. The zero-order chi connectivity index (χ0) is 23.1. The van der Waals surface area contributed by atoms with E-state index in [0.717, 1.165) is 47.0 Å². The van der Waals surface area contributed by atoms with Crippen LogP contribution in [-0.4, -0.2) is 42.5 Å². The number of hydrogen-bond donors (Lipinski definition) is 1. The number of carbonyl (C=O) groups excluding carboxylic acids is 2. The summed E-state index contributed by atoms with van der Waals surface area (Å²) in [5.74, 6) is 0.993. The number of amides is 2. The number of nitrogens with zero attached hydrogens (tertiary/aromatic N) is 1. The van der Waals surface area contributed by atoms with Crippen LogP contribution in [0.3, 0.4) is 0 Å². The van der Waals surface area contributed by atoms with Gasteiger partial charge in [0, 0.05) is 17.1 Å². The van der Waals surface area contributed by atoms with E-state index in [1.54, 1.807) is 18.9 Å². The van der Waals surface area contributed by atoms with Gasteiger partial charge in [0.1, 0.15) is 17.5 Å². The van der Waals surface area contributed by atoms with Gasteiger partial charge in [-0.15, -0.1) is 0 Å². The summed E-state index contributed by atoms with van der Waals surface area (Å²) in [5.41, 5.74) is 1.94. The lowest BCUT2D eigenvalue weighted by Crippen LogP contribution is -2.50. The van der Waals surface area contributed by atoms with Gasteiger partial charge in [0.2, 0.25) is 5.91 Å². The molecular formula is C25H31BrN2O4. The van der Waals surface area contributed by atoms with Gasteiger partial charge in [-0.3, -0.25) is 9.59 Å². The summed E-state index contributed by atoms with van der Waals surface area (Å²) in [4.78, 5) is 27.7. The quantitative estimate of drug-likeness (QED) is 0.543. The molecule has 0 saturated heterocycles. The van der Waals surface area contributed by atoms with Crippen LogP contribution in [0.5, 0.6) is 11.5 Å². The first-order valence-electron chi connectivity index (χ1n) is 11.0. The number of hydrogen-bond acceptors (Lipinski definition) is 4. The van der Waals surface area contributed by atoms with E-state index in [9.17, 15) is 9.59 Å². The molecule has 0 aromatic heterocycles. The Morgan fingerprint density at radius 3 is 2.41 bits per heavy atom. The summed E-state index contributed by atoms with van der Waals surface area (Å²) in [7, 11) is 1.61. The van der Waals surface area contributed by atoms with E-state index >= 15 is 0 Å². The second-order valence-electron chi connectivity index (χ2n) is 8.24. The van der Waals surface area contributed by atoms with Gasteiger partial charge in [-0.1, -0.05) is 40.9 Å². The smallest absolute Gasteiger partial charge is 0.261 e. The van der Waals surface area contributed by atoms with Crippen LogP contribution in [-0.2, 0) is 16.1 Å². The fourth-order valence-electron chi connectivity index (χ4n) is 3.84. The number of carbonyl (C=O) groups is 2. The zero-order valence-electron chi connectivity index (χ0n) is 18.9. The van der Waals surface area contributed by atoms with E-state index in [2.05, 4.69) is 21.2 Å². The fourth-order valence-corrected chi connectivity index (χ4v) is 4.08. The minimum Gasteiger partial charge on any atom is -0.497 e. The predicted octanol–water partition coefficient (Wildman–Crippen LogP) is 4.62. The van der Waals surface area contributed by atoms with E-state index in [1.165, 1.54) is 0 Å². The molecule has 2 aromatic carbocycles. The Kier molecular flexibility index (Phi) is 8.56. The molecule has 172 valence electrons. The first kappa shape index (κ1) is 24.1. The van der Waals surface area contributed by atoms with E-state index < -0.39 is 6.04 Å². The first-order chi connectivity index (χ1) is 15.4. The van der Waals surface area contributed by atoms with Crippen LogP contribution in [0.2, 0.25) is 0 Å². The average molecular weight is 503 g/mol. The largest absolute Gasteiger partial charge is 0.497 e. The lowest BCUT2D eigenvalue weighted by Gasteiger charge is -2.29. The highest BCUT2D eigenvalue weighted by Gasteiger charge is 2.28. The Balaban J connectivity index is 1.71. The molecule has 2 amide bonds. The van der Waals surface area contributed by atoms with Crippen molar-refractivity contribution in [1.82, 2.24) is 10.2 Å². The Morgan fingerprint density at radius 2 is 1.78 bits per heavy atom. The SMILES string of the molecule is COc1ccc(CN(C(=O)COc2ccc(Br)c(C)c2)[C@@H](C)C(=O)NC2CCCC2)cc1. The molecule has 1 aliphatic carbocycles. The summed E-state index contributed by atoms with van der Waals surface area (Å²) in [6, 6.07) is 12.7. The third-order valence-electron chi connectivity index (χ3n) is 5.87. The minimum atomic E-state index is -0.611. The van der Waals surface area contributed by atoms with Crippen molar-refractivity contribution in [3.05, 3.63) is 58.1 Å². The van der Waals surface area contributed by atoms with Crippen molar-refractivity contribution in [2.24, 2.45) is 0 Å². The normalized spacial score (nSPS) is 14.6. The van der Waals surface area contributed by atoms with Crippen LogP contribution in [0.4, 0.5) is 0 Å². The number of rotatable bonds is 9. The first-order valence-corrected chi connectivity index (χ1v) is 11.8. The molecule has 0 aliphatic heterocycles. The van der Waals surface area contributed by atoms with Gasteiger partial charge in [0.15, 0.2) is 6.61 Å². The topological polar surface area (TPSA) is 67.9 Å². The third-order valence-corrected chi connectivity index (χ3v) is 6.76. The van der Waals surface area contributed by atoms with Gasteiger partial charge in [0.25, 0.3) is 5.91 Å². The van der Waals surface area contributed by atoms with Crippen molar-refractivity contribution in [3.8, 4) is 11.5 Å². The molecular weight excluding hydrogens is 472 g/mol. The standard InChI is InChI=1S/C25H31BrN2O4/c1-17-14-22(12-13-23(17)26)32-16-24(29)28(15-19-8-10-21(31-3)11-9-19)18(2)25(30)27-20-6-4-5-7-20/h8-14,18,20H,4-7,15-16H2,1-3H3,(H,27,30)/t18-/m0/s1. The van der Waals surface area contributed by atoms with Gasteiger partial charge in [-0.05, 0) is 68.1 Å². The second kappa shape index (κ2) is 11.4. The highest BCUT2D eigenvalue weighted by Crippen LogP contribution is 2.22. The van der Waals surface area contributed by atoms with Crippen molar-refractivity contribution in [2.45, 2.75) is 58.2 Å². The highest BCUT2D eigenvalue weighted by molar-refractivity contribution is 9.10. The van der Waals surface area contributed by atoms with Crippen molar-refractivity contribution < 1.29 is 19.1 Å². The van der Waals surface area contributed by atoms with Crippen molar-refractivity contribution >= 4 is 27.7 Å². The van der Waals surface area contributed by atoms with E-state index in [0.29, 0.717) is 12.3 Å². The van der Waals surface area contributed by atoms with E-state index in [-0.39, 0.29) is 24.5 Å². The Morgan fingerprint density at radius 1 is 1.12 bits per heavy atom. The number of benzene rings is 2. The van der Waals surface area contributed by atoms with Crippen LogP contribution in [0.25, 0.3) is 0 Å². The molecule has 0 spiro atoms. The van der Waals surface area contributed by atoms with Crippen LogP contribution >= 0.6 is 15.9 Å². The molecule has 7 heteroatoms. The summed E-state index contributed by atoms with van der Waals surface area (Å²) in [5, 5.41) is 3.11. The van der Waals surface area contributed by atoms with E-state index in [1.807, 2.05) is 49.4 Å². The molecule has 6 nitrogen and oxygen atoms in total. The van der Waals surface area contributed by atoms with Crippen molar-refractivity contribution in [3.63, 3.8) is 0 Å². The zero-order valence-corrected chi connectivity index (χ0v) is 20.5. The van der Waals surface area contributed by atoms with Crippen LogP contribution in [0.1, 0.15) is 43.7 Å². The maximum absolute atomic E-state index is 13.2. The summed E-state index contributed by atoms with van der Waals surface area (Å²) < 4.78 is 12.0. The van der Waals surface area contributed by atoms with Gasteiger partial charge in [-0.2, -0.15) is 0 Å². The number of halogens is 1. The maximum Gasteiger partial charge on any atom is 0.261 e. The molecule has 1 atom stereocenters. The Labute approximate surface area is 198 Å². The van der Waals surface area contributed by atoms with Crippen molar-refractivity contribution in [1.29, 1.82) is 0 Å². The Hall–Kier alpha value is -2.54. The second-order valence-corrected chi connectivity index (χ2v) is 9.09. The lowest BCUT2D eigenvalue weighted by molar-refractivity contribution is -0.142. The number of methoxy groups -OCH3 is 1. The molecule has 1 fully saturated rings. The van der Waals surface area contributed by atoms with Gasteiger partial charge in [-0.25, -0.2) is 0 Å². The number of ether oxygens (including phenoxy) is 2. The van der Waals surface area contributed by atoms with Gasteiger partial charge >= 0.3 is 0 Å².